The number of hydrogen-bond donors (Lipinski definition) is 1. The summed E-state index contributed by atoms with van der Waals surface area (Å²) in [4.78, 5) is 0. The van der Waals surface area contributed by atoms with Gasteiger partial charge in [0.2, 0.25) is 0 Å². The lowest BCUT2D eigenvalue weighted by molar-refractivity contribution is 0.0451. The van der Waals surface area contributed by atoms with Crippen LogP contribution in [0.2, 0.25) is 0 Å². The van der Waals surface area contributed by atoms with Crippen LogP contribution in [0.15, 0.2) is 84.9 Å². The van der Waals surface area contributed by atoms with Gasteiger partial charge in [0, 0.05) is 17.9 Å². The van der Waals surface area contributed by atoms with E-state index < -0.39 is 0 Å². The van der Waals surface area contributed by atoms with Crippen molar-refractivity contribution in [1.29, 1.82) is 5.26 Å². The van der Waals surface area contributed by atoms with E-state index in [9.17, 15) is 5.26 Å². The van der Waals surface area contributed by atoms with Crippen LogP contribution in [0.1, 0.15) is 41.5 Å². The molecule has 5 rings (SSSR count). The van der Waals surface area contributed by atoms with E-state index in [1.54, 1.807) is 0 Å². The second-order valence-electron chi connectivity index (χ2n) is 8.46. The standard InChI is InChI=1S/C29H27N3O3/c30-18-25-29(31)28-26(20-34-27(28)12-7-17-33-19-21-8-3-1-4-9-21)32(25)22-13-15-24(16-14-22)35-23-10-5-2-6-11-23/h1-6,8-11,13-16,27H,7,12,17,19-20,31H2. The maximum absolute atomic E-state index is 9.87. The third-order valence-electron chi connectivity index (χ3n) is 6.14. The smallest absolute Gasteiger partial charge is 0.148 e. The minimum absolute atomic E-state index is 0.139. The molecular weight excluding hydrogens is 438 g/mol. The van der Waals surface area contributed by atoms with Crippen LogP contribution >= 0.6 is 0 Å². The first-order valence-corrected chi connectivity index (χ1v) is 11.7. The van der Waals surface area contributed by atoms with E-state index in [0.717, 1.165) is 46.8 Å². The molecule has 6 nitrogen and oxygen atoms in total. The molecule has 0 bridgehead atoms. The van der Waals surface area contributed by atoms with Crippen molar-refractivity contribution in [3.63, 3.8) is 0 Å². The molecule has 0 fully saturated rings. The Balaban J connectivity index is 1.27. The number of benzene rings is 3. The quantitative estimate of drug-likeness (QED) is 0.294. The second-order valence-corrected chi connectivity index (χ2v) is 8.46. The summed E-state index contributed by atoms with van der Waals surface area (Å²) in [6.07, 6.45) is 1.49. The van der Waals surface area contributed by atoms with Gasteiger partial charge < -0.3 is 24.5 Å². The van der Waals surface area contributed by atoms with Gasteiger partial charge in [0.25, 0.3) is 0 Å². The zero-order valence-corrected chi connectivity index (χ0v) is 19.4. The number of nitrogens with zero attached hydrogens (tertiary/aromatic N) is 2. The molecule has 4 aromatic rings. The lowest BCUT2D eigenvalue weighted by Gasteiger charge is -2.12. The number of aromatic nitrogens is 1. The highest BCUT2D eigenvalue weighted by atomic mass is 16.5. The van der Waals surface area contributed by atoms with Gasteiger partial charge in [0.15, 0.2) is 0 Å². The van der Waals surface area contributed by atoms with Gasteiger partial charge in [-0.1, -0.05) is 48.5 Å². The molecule has 35 heavy (non-hydrogen) atoms. The van der Waals surface area contributed by atoms with E-state index in [4.69, 9.17) is 19.9 Å². The zero-order chi connectivity index (χ0) is 24.0. The van der Waals surface area contributed by atoms with E-state index in [2.05, 4.69) is 18.2 Å². The number of fused-ring (bicyclic) bond motifs is 1. The van der Waals surface area contributed by atoms with Crippen molar-refractivity contribution in [2.45, 2.75) is 32.2 Å². The SMILES string of the molecule is N#Cc1c(N)c2c(n1-c1ccc(Oc3ccccc3)cc1)COC2CCCOCc1ccccc1. The molecular formula is C29H27N3O3. The summed E-state index contributed by atoms with van der Waals surface area (Å²) < 4.78 is 19.7. The number of para-hydroxylation sites is 1. The van der Waals surface area contributed by atoms with Gasteiger partial charge in [0.05, 0.1) is 30.7 Å². The minimum atomic E-state index is -0.139. The van der Waals surface area contributed by atoms with Crippen molar-refractivity contribution in [3.05, 3.63) is 107 Å². The first-order valence-electron chi connectivity index (χ1n) is 11.7. The number of hydrogen-bond acceptors (Lipinski definition) is 5. The minimum Gasteiger partial charge on any atom is -0.457 e. The molecule has 1 atom stereocenters. The third kappa shape index (κ3) is 4.92. The summed E-state index contributed by atoms with van der Waals surface area (Å²) in [6.45, 7) is 1.65. The fourth-order valence-corrected chi connectivity index (χ4v) is 4.47. The van der Waals surface area contributed by atoms with Crippen molar-refractivity contribution in [2.75, 3.05) is 12.3 Å². The molecule has 1 aromatic heterocycles. The molecule has 0 spiro atoms. The van der Waals surface area contributed by atoms with Gasteiger partial charge in [-0.3, -0.25) is 0 Å². The molecule has 0 aliphatic carbocycles. The van der Waals surface area contributed by atoms with Crippen LogP contribution in [0.4, 0.5) is 5.69 Å². The fourth-order valence-electron chi connectivity index (χ4n) is 4.47. The summed E-state index contributed by atoms with van der Waals surface area (Å²) >= 11 is 0. The molecule has 0 saturated carbocycles. The maximum Gasteiger partial charge on any atom is 0.148 e. The van der Waals surface area contributed by atoms with Crippen LogP contribution in [0.5, 0.6) is 11.5 Å². The number of nitriles is 1. The summed E-state index contributed by atoms with van der Waals surface area (Å²) in [6, 6.07) is 29.7. The van der Waals surface area contributed by atoms with Crippen molar-refractivity contribution < 1.29 is 14.2 Å². The predicted octanol–water partition coefficient (Wildman–Crippen LogP) is 6.29. The first kappa shape index (κ1) is 22.7. The number of ether oxygens (including phenoxy) is 3. The van der Waals surface area contributed by atoms with Crippen molar-refractivity contribution in [2.24, 2.45) is 0 Å². The van der Waals surface area contributed by atoms with Gasteiger partial charge in [-0.25, -0.2) is 0 Å². The fraction of sp³-hybridized carbons (Fsp3) is 0.207. The molecule has 3 aromatic carbocycles. The Bertz CT molecular complexity index is 1310. The van der Waals surface area contributed by atoms with Crippen molar-refractivity contribution >= 4 is 5.69 Å². The summed E-state index contributed by atoms with van der Waals surface area (Å²) in [7, 11) is 0. The number of nitrogens with two attached hydrogens (primary N) is 1. The molecule has 2 N–H and O–H groups in total. The Morgan fingerprint density at radius 1 is 0.943 bits per heavy atom. The third-order valence-corrected chi connectivity index (χ3v) is 6.14. The van der Waals surface area contributed by atoms with Crippen LogP contribution in [0, 0.1) is 11.3 Å². The average molecular weight is 466 g/mol. The molecule has 1 aliphatic rings. The average Bonchev–Trinajstić information content (AvgIpc) is 3.43. The Morgan fingerprint density at radius 2 is 1.63 bits per heavy atom. The highest BCUT2D eigenvalue weighted by Gasteiger charge is 2.33. The molecule has 1 unspecified atom stereocenters. The summed E-state index contributed by atoms with van der Waals surface area (Å²) in [5.41, 5.74) is 11.3. The summed E-state index contributed by atoms with van der Waals surface area (Å²) in [5.74, 6) is 1.49. The lowest BCUT2D eigenvalue weighted by atomic mass is 10.1. The van der Waals surface area contributed by atoms with Crippen LogP contribution in [0.25, 0.3) is 5.69 Å². The van der Waals surface area contributed by atoms with Crippen LogP contribution in [-0.2, 0) is 22.7 Å². The van der Waals surface area contributed by atoms with E-state index in [-0.39, 0.29) is 6.10 Å². The molecule has 0 saturated heterocycles. The zero-order valence-electron chi connectivity index (χ0n) is 19.4. The predicted molar refractivity (Wildman–Crippen MR) is 134 cm³/mol. The van der Waals surface area contributed by atoms with Gasteiger partial charge in [-0.15, -0.1) is 0 Å². The van der Waals surface area contributed by atoms with Crippen molar-refractivity contribution in [3.8, 4) is 23.3 Å². The molecule has 0 amide bonds. The monoisotopic (exact) mass is 465 g/mol. The lowest BCUT2D eigenvalue weighted by Crippen LogP contribution is -2.04. The summed E-state index contributed by atoms with van der Waals surface area (Å²) in [5, 5.41) is 9.87. The highest BCUT2D eigenvalue weighted by Crippen LogP contribution is 2.42. The molecule has 0 radical (unpaired) electrons. The van der Waals surface area contributed by atoms with E-state index in [1.165, 1.54) is 0 Å². The highest BCUT2D eigenvalue weighted by molar-refractivity contribution is 5.66. The first-order chi connectivity index (χ1) is 17.2. The Labute approximate surface area is 205 Å². The molecule has 1 aliphatic heterocycles. The molecule has 6 heteroatoms. The number of rotatable bonds is 9. The van der Waals surface area contributed by atoms with E-state index >= 15 is 0 Å². The van der Waals surface area contributed by atoms with Gasteiger partial charge in [-0.05, 0) is 54.8 Å². The largest absolute Gasteiger partial charge is 0.457 e. The van der Waals surface area contributed by atoms with E-state index in [1.807, 2.05) is 77.4 Å². The van der Waals surface area contributed by atoms with Crippen LogP contribution in [0.3, 0.4) is 0 Å². The Kier molecular flexibility index (Phi) is 6.80. The number of anilines is 1. The Hall–Kier alpha value is -4.05. The van der Waals surface area contributed by atoms with Crippen molar-refractivity contribution in [1.82, 2.24) is 4.57 Å². The topological polar surface area (TPSA) is 82.4 Å². The number of nitrogen functional groups attached to an aromatic ring is 1. The van der Waals surface area contributed by atoms with Gasteiger partial charge >= 0.3 is 0 Å². The van der Waals surface area contributed by atoms with Crippen LogP contribution in [-0.4, -0.2) is 11.2 Å². The van der Waals surface area contributed by atoms with Gasteiger partial charge in [-0.2, -0.15) is 5.26 Å². The van der Waals surface area contributed by atoms with Crippen LogP contribution < -0.4 is 10.5 Å². The molecule has 2 heterocycles. The second kappa shape index (κ2) is 10.5. The van der Waals surface area contributed by atoms with E-state index in [0.29, 0.717) is 31.2 Å². The Morgan fingerprint density at radius 3 is 2.34 bits per heavy atom. The molecule has 176 valence electrons. The van der Waals surface area contributed by atoms with Gasteiger partial charge in [0.1, 0.15) is 23.3 Å². The normalized spacial score (nSPS) is 14.4. The maximum atomic E-state index is 9.87.